The zero-order valence-electron chi connectivity index (χ0n) is 5.54. The lowest BCUT2D eigenvalue weighted by Gasteiger charge is -2.14. The molecule has 0 aromatic heterocycles. The Morgan fingerprint density at radius 1 is 1.80 bits per heavy atom. The van der Waals surface area contributed by atoms with E-state index in [1.54, 1.807) is 0 Å². The summed E-state index contributed by atoms with van der Waals surface area (Å²) in [4.78, 5) is 9.89. The van der Waals surface area contributed by atoms with Gasteiger partial charge in [0.15, 0.2) is 0 Å². The van der Waals surface area contributed by atoms with E-state index in [9.17, 15) is 9.18 Å². The summed E-state index contributed by atoms with van der Waals surface area (Å²) in [5.41, 5.74) is 0. The Bertz CT molecular complexity index is 119. The Labute approximate surface area is 57.7 Å². The third-order valence-electron chi connectivity index (χ3n) is 1.09. The maximum Gasteiger partial charge on any atom is 0.404 e. The number of nitrogens with one attached hydrogen (secondary N) is 1. The lowest BCUT2D eigenvalue weighted by Crippen LogP contribution is -2.41. The van der Waals surface area contributed by atoms with Crippen LogP contribution in [-0.2, 0) is 0 Å². The van der Waals surface area contributed by atoms with Crippen LogP contribution in [0.15, 0.2) is 0 Å². The fourth-order valence-corrected chi connectivity index (χ4v) is 0.425. The van der Waals surface area contributed by atoms with E-state index in [1.165, 1.54) is 6.92 Å². The van der Waals surface area contributed by atoms with Crippen molar-refractivity contribution < 1.29 is 19.4 Å². The van der Waals surface area contributed by atoms with Gasteiger partial charge in [0.2, 0.25) is 0 Å². The van der Waals surface area contributed by atoms with Gasteiger partial charge in [0, 0.05) is 0 Å². The van der Waals surface area contributed by atoms with E-state index in [2.05, 4.69) is 0 Å². The number of aliphatic hydroxyl groups is 1. The molecule has 0 radical (unpaired) electrons. The minimum absolute atomic E-state index is 0.762. The van der Waals surface area contributed by atoms with Crippen LogP contribution in [0, 0.1) is 0 Å². The lowest BCUT2D eigenvalue weighted by atomic mass is 10.2. The molecule has 4 nitrogen and oxygen atoms in total. The molecule has 0 heterocycles. The van der Waals surface area contributed by atoms with Crippen LogP contribution in [0.4, 0.5) is 9.18 Å². The Balaban J connectivity index is 3.61. The number of carboxylic acid groups (broad SMARTS) is 1. The second kappa shape index (κ2) is 4.05. The molecule has 2 atom stereocenters. The molecule has 0 spiro atoms. The normalized spacial score (nSPS) is 15.9. The number of rotatable bonds is 3. The first-order chi connectivity index (χ1) is 4.57. The Morgan fingerprint density at radius 2 is 2.30 bits per heavy atom. The van der Waals surface area contributed by atoms with Gasteiger partial charge in [0.05, 0.1) is 6.04 Å². The molecule has 0 bridgehead atoms. The van der Waals surface area contributed by atoms with Crippen LogP contribution in [0.2, 0.25) is 0 Å². The van der Waals surface area contributed by atoms with Crippen LogP contribution in [0.25, 0.3) is 0 Å². The minimum Gasteiger partial charge on any atom is -0.465 e. The molecular weight excluding hydrogens is 141 g/mol. The summed E-state index contributed by atoms with van der Waals surface area (Å²) < 4.78 is 11.6. The molecule has 1 unspecified atom stereocenters. The summed E-state index contributed by atoms with van der Waals surface area (Å²) >= 11 is 0. The van der Waals surface area contributed by atoms with E-state index >= 15 is 0 Å². The molecule has 0 aromatic rings. The van der Waals surface area contributed by atoms with E-state index in [0.717, 1.165) is 0 Å². The number of halogens is 1. The molecule has 5 heteroatoms. The lowest BCUT2D eigenvalue weighted by molar-refractivity contribution is 0.101. The zero-order chi connectivity index (χ0) is 8.15. The maximum atomic E-state index is 11.6. The second-order valence-electron chi connectivity index (χ2n) is 1.96. The molecule has 10 heavy (non-hydrogen) atoms. The number of amides is 1. The van der Waals surface area contributed by atoms with Gasteiger partial charge < -0.3 is 15.5 Å². The summed E-state index contributed by atoms with van der Waals surface area (Å²) in [6, 6.07) is -0.762. The smallest absolute Gasteiger partial charge is 0.404 e. The summed E-state index contributed by atoms with van der Waals surface area (Å²) in [6.45, 7) is 0.444. The van der Waals surface area contributed by atoms with Crippen LogP contribution in [0.1, 0.15) is 6.92 Å². The Hall–Kier alpha value is -0.840. The van der Waals surface area contributed by atoms with E-state index in [0.29, 0.717) is 0 Å². The van der Waals surface area contributed by atoms with Gasteiger partial charge in [-0.3, -0.25) is 0 Å². The second-order valence-corrected chi connectivity index (χ2v) is 1.96. The molecule has 1 amide bonds. The topological polar surface area (TPSA) is 69.6 Å². The van der Waals surface area contributed by atoms with Crippen molar-refractivity contribution in [1.82, 2.24) is 5.32 Å². The molecule has 0 aliphatic carbocycles. The first-order valence-corrected chi connectivity index (χ1v) is 2.81. The van der Waals surface area contributed by atoms with Crippen molar-refractivity contribution in [1.29, 1.82) is 0 Å². The highest BCUT2D eigenvalue weighted by atomic mass is 19.1. The first-order valence-electron chi connectivity index (χ1n) is 2.81. The molecule has 0 aliphatic heterocycles. The number of hydrogen-bond donors (Lipinski definition) is 3. The molecule has 3 N–H and O–H groups in total. The van der Waals surface area contributed by atoms with Crippen molar-refractivity contribution in [2.75, 3.05) is 6.67 Å². The van der Waals surface area contributed by atoms with Crippen molar-refractivity contribution in [2.24, 2.45) is 0 Å². The summed E-state index contributed by atoms with van der Waals surface area (Å²) in [5, 5.41) is 18.7. The predicted octanol–water partition coefficient (Wildman–Crippen LogP) is -0.0271. The zero-order valence-corrected chi connectivity index (χ0v) is 5.54. The van der Waals surface area contributed by atoms with Gasteiger partial charge in [-0.05, 0) is 6.92 Å². The first kappa shape index (κ1) is 9.16. The molecule has 0 aliphatic rings. The minimum atomic E-state index is -1.26. The van der Waals surface area contributed by atoms with E-state index < -0.39 is 24.9 Å². The highest BCUT2D eigenvalue weighted by Crippen LogP contribution is 1.92. The summed E-state index contributed by atoms with van der Waals surface area (Å²) in [5.74, 6) is 0. The molecule has 0 saturated heterocycles. The van der Waals surface area contributed by atoms with E-state index in [-0.39, 0.29) is 0 Å². The average Bonchev–Trinajstić information content (AvgIpc) is 1.85. The Morgan fingerprint density at radius 3 is 2.60 bits per heavy atom. The number of aliphatic hydroxyl groups excluding tert-OH is 1. The third-order valence-corrected chi connectivity index (χ3v) is 1.09. The molecule has 0 fully saturated rings. The van der Waals surface area contributed by atoms with Gasteiger partial charge in [0.1, 0.15) is 12.8 Å². The van der Waals surface area contributed by atoms with Crippen molar-refractivity contribution in [3.05, 3.63) is 0 Å². The number of alkyl halides is 1. The van der Waals surface area contributed by atoms with Crippen LogP contribution in [-0.4, -0.2) is 35.1 Å². The van der Waals surface area contributed by atoms with Gasteiger partial charge >= 0.3 is 6.09 Å². The molecule has 60 valence electrons. The summed E-state index contributed by atoms with van der Waals surface area (Å²) in [6.07, 6.45) is -2.52. The van der Waals surface area contributed by atoms with Crippen LogP contribution in [0.3, 0.4) is 0 Å². The van der Waals surface area contributed by atoms with Gasteiger partial charge in [-0.25, -0.2) is 9.18 Å². The average molecular weight is 151 g/mol. The molecule has 0 aromatic carbocycles. The maximum absolute atomic E-state index is 11.6. The highest BCUT2D eigenvalue weighted by Gasteiger charge is 2.14. The largest absolute Gasteiger partial charge is 0.465 e. The predicted molar refractivity (Wildman–Crippen MR) is 32.6 cm³/mol. The van der Waals surface area contributed by atoms with Crippen molar-refractivity contribution in [3.63, 3.8) is 0 Å². The monoisotopic (exact) mass is 151 g/mol. The number of carbonyl (C=O) groups is 1. The van der Waals surface area contributed by atoms with Crippen molar-refractivity contribution in [3.8, 4) is 0 Å². The van der Waals surface area contributed by atoms with Crippen LogP contribution < -0.4 is 5.32 Å². The standard InChI is InChI=1S/C5H10FNO3/c1-3(4(8)2-6)7-5(9)10/h3-4,7-8H,2H2,1H3,(H,9,10)/t3-,4?/m0/s1. The van der Waals surface area contributed by atoms with E-state index in [1.807, 2.05) is 5.32 Å². The molecule has 0 rings (SSSR count). The van der Waals surface area contributed by atoms with Crippen molar-refractivity contribution in [2.45, 2.75) is 19.1 Å². The van der Waals surface area contributed by atoms with Crippen LogP contribution in [0.5, 0.6) is 0 Å². The quantitative estimate of drug-likeness (QED) is 0.530. The van der Waals surface area contributed by atoms with Crippen LogP contribution >= 0.6 is 0 Å². The summed E-state index contributed by atoms with van der Waals surface area (Å²) in [7, 11) is 0. The van der Waals surface area contributed by atoms with E-state index in [4.69, 9.17) is 10.2 Å². The highest BCUT2D eigenvalue weighted by molar-refractivity contribution is 5.64. The van der Waals surface area contributed by atoms with Gasteiger partial charge in [0.25, 0.3) is 0 Å². The third kappa shape index (κ3) is 3.24. The van der Waals surface area contributed by atoms with Crippen molar-refractivity contribution >= 4 is 6.09 Å². The molecular formula is C5H10FNO3. The fourth-order valence-electron chi connectivity index (χ4n) is 0.425. The SMILES string of the molecule is C[C@H](NC(=O)O)C(O)CF. The van der Waals surface area contributed by atoms with Gasteiger partial charge in [-0.2, -0.15) is 0 Å². The molecule has 0 saturated carbocycles. The Kier molecular flexibility index (Phi) is 3.71. The van der Waals surface area contributed by atoms with Gasteiger partial charge in [-0.15, -0.1) is 0 Å². The fraction of sp³-hybridized carbons (Fsp3) is 0.800. The van der Waals surface area contributed by atoms with Gasteiger partial charge in [-0.1, -0.05) is 0 Å². The number of hydrogen-bond acceptors (Lipinski definition) is 2.